The molecule has 1 fully saturated rings. The number of hydrogen-bond acceptors (Lipinski definition) is 1. The molecule has 0 aromatic heterocycles. The smallest absolute Gasteiger partial charge is 0.191 e. The van der Waals surface area contributed by atoms with Gasteiger partial charge in [0.2, 0.25) is 0 Å². The molecule has 3 nitrogen and oxygen atoms in total. The Morgan fingerprint density at radius 3 is 2.48 bits per heavy atom. The van der Waals surface area contributed by atoms with Gasteiger partial charge in [-0.2, -0.15) is 0 Å². The molecule has 1 aliphatic rings. The SMILES string of the molecule is CN=C(NCC1(c2ccccc2F)CC1)NC(C)C(C)C. The number of aliphatic imine (C=N–C) groups is 1. The molecule has 1 aromatic rings. The third-order valence-corrected chi connectivity index (χ3v) is 4.48. The molecule has 116 valence electrons. The first-order valence-corrected chi connectivity index (χ1v) is 7.71. The second kappa shape index (κ2) is 6.46. The number of benzene rings is 1. The zero-order valence-corrected chi connectivity index (χ0v) is 13.4. The number of rotatable bonds is 5. The molecule has 1 saturated carbocycles. The van der Waals surface area contributed by atoms with Crippen molar-refractivity contribution < 1.29 is 4.39 Å². The lowest BCUT2D eigenvalue weighted by Crippen LogP contribution is -2.46. The van der Waals surface area contributed by atoms with Gasteiger partial charge in [0.15, 0.2) is 5.96 Å². The Bertz CT molecular complexity index is 507. The van der Waals surface area contributed by atoms with E-state index in [-0.39, 0.29) is 11.2 Å². The lowest BCUT2D eigenvalue weighted by Gasteiger charge is -2.23. The van der Waals surface area contributed by atoms with Crippen LogP contribution in [0.25, 0.3) is 0 Å². The Morgan fingerprint density at radius 2 is 1.95 bits per heavy atom. The fraction of sp³-hybridized carbons (Fsp3) is 0.588. The largest absolute Gasteiger partial charge is 0.356 e. The molecule has 0 bridgehead atoms. The Morgan fingerprint density at radius 1 is 1.29 bits per heavy atom. The monoisotopic (exact) mass is 291 g/mol. The van der Waals surface area contributed by atoms with Crippen molar-refractivity contribution >= 4 is 5.96 Å². The number of nitrogens with zero attached hydrogens (tertiary/aromatic N) is 1. The molecule has 1 unspecified atom stereocenters. The molecular weight excluding hydrogens is 265 g/mol. The Labute approximate surface area is 127 Å². The van der Waals surface area contributed by atoms with E-state index in [0.717, 1.165) is 30.9 Å². The number of nitrogens with one attached hydrogen (secondary N) is 2. The van der Waals surface area contributed by atoms with E-state index in [1.807, 2.05) is 12.1 Å². The van der Waals surface area contributed by atoms with Crippen molar-refractivity contribution in [2.45, 2.75) is 45.1 Å². The van der Waals surface area contributed by atoms with E-state index < -0.39 is 0 Å². The van der Waals surface area contributed by atoms with E-state index in [0.29, 0.717) is 12.0 Å². The summed E-state index contributed by atoms with van der Waals surface area (Å²) >= 11 is 0. The van der Waals surface area contributed by atoms with Crippen molar-refractivity contribution in [2.24, 2.45) is 10.9 Å². The average Bonchev–Trinajstić information content (AvgIpc) is 3.24. The van der Waals surface area contributed by atoms with Gasteiger partial charge in [-0.3, -0.25) is 4.99 Å². The van der Waals surface area contributed by atoms with E-state index in [1.54, 1.807) is 19.2 Å². The van der Waals surface area contributed by atoms with Gasteiger partial charge in [-0.25, -0.2) is 4.39 Å². The highest BCUT2D eigenvalue weighted by Gasteiger charge is 2.45. The minimum absolute atomic E-state index is 0.0654. The minimum atomic E-state index is -0.102. The standard InChI is InChI=1S/C17H26FN3/c1-12(2)13(3)21-16(19-4)20-11-17(9-10-17)14-7-5-6-8-15(14)18/h5-8,12-13H,9-11H2,1-4H3,(H2,19,20,21). The molecule has 1 atom stereocenters. The summed E-state index contributed by atoms with van der Waals surface area (Å²) in [5.41, 5.74) is 0.759. The highest BCUT2D eigenvalue weighted by Crippen LogP contribution is 2.48. The molecule has 0 amide bonds. The Kier molecular flexibility index (Phi) is 4.86. The van der Waals surface area contributed by atoms with Crippen LogP contribution in [0.2, 0.25) is 0 Å². The third kappa shape index (κ3) is 3.74. The first-order valence-electron chi connectivity index (χ1n) is 7.71. The van der Waals surface area contributed by atoms with E-state index >= 15 is 0 Å². The molecule has 0 aliphatic heterocycles. The van der Waals surface area contributed by atoms with Gasteiger partial charge in [-0.15, -0.1) is 0 Å². The second-order valence-electron chi connectivity index (χ2n) is 6.36. The van der Waals surface area contributed by atoms with Crippen molar-refractivity contribution in [3.05, 3.63) is 35.6 Å². The van der Waals surface area contributed by atoms with Gasteiger partial charge in [0.1, 0.15) is 5.82 Å². The number of hydrogen-bond donors (Lipinski definition) is 2. The van der Waals surface area contributed by atoms with E-state index in [4.69, 9.17) is 0 Å². The fourth-order valence-corrected chi connectivity index (χ4v) is 2.41. The molecule has 21 heavy (non-hydrogen) atoms. The Balaban J connectivity index is 1.97. The molecule has 0 radical (unpaired) electrons. The van der Waals surface area contributed by atoms with Crippen LogP contribution in [0, 0.1) is 11.7 Å². The van der Waals surface area contributed by atoms with Crippen LogP contribution in [0.3, 0.4) is 0 Å². The molecule has 0 spiro atoms. The predicted molar refractivity (Wildman–Crippen MR) is 86.1 cm³/mol. The second-order valence-corrected chi connectivity index (χ2v) is 6.36. The summed E-state index contributed by atoms with van der Waals surface area (Å²) in [5, 5.41) is 6.73. The van der Waals surface area contributed by atoms with Crippen molar-refractivity contribution in [1.29, 1.82) is 0 Å². The van der Waals surface area contributed by atoms with Crippen LogP contribution < -0.4 is 10.6 Å². The molecule has 1 aromatic carbocycles. The van der Waals surface area contributed by atoms with Gasteiger partial charge >= 0.3 is 0 Å². The van der Waals surface area contributed by atoms with Gasteiger partial charge in [0.25, 0.3) is 0 Å². The number of guanidine groups is 1. The maximum absolute atomic E-state index is 14.0. The molecule has 0 saturated heterocycles. The number of halogens is 1. The zero-order valence-electron chi connectivity index (χ0n) is 13.4. The van der Waals surface area contributed by atoms with Crippen molar-refractivity contribution in [3.63, 3.8) is 0 Å². The molecule has 2 N–H and O–H groups in total. The van der Waals surface area contributed by atoms with Crippen LogP contribution in [-0.2, 0) is 5.41 Å². The molecule has 2 rings (SSSR count). The van der Waals surface area contributed by atoms with Crippen molar-refractivity contribution in [3.8, 4) is 0 Å². The minimum Gasteiger partial charge on any atom is -0.356 e. The first-order chi connectivity index (χ1) is 9.98. The molecule has 1 aliphatic carbocycles. The lowest BCUT2D eigenvalue weighted by molar-refractivity contribution is 0.478. The zero-order chi connectivity index (χ0) is 15.5. The van der Waals surface area contributed by atoms with Crippen LogP contribution >= 0.6 is 0 Å². The summed E-state index contributed by atoms with van der Waals surface area (Å²) in [4.78, 5) is 4.26. The van der Waals surface area contributed by atoms with Crippen molar-refractivity contribution in [1.82, 2.24) is 10.6 Å². The molecular formula is C17H26FN3. The summed E-state index contributed by atoms with van der Waals surface area (Å²) in [7, 11) is 1.77. The normalized spacial score (nSPS) is 18.5. The highest BCUT2D eigenvalue weighted by molar-refractivity contribution is 5.80. The Hall–Kier alpha value is -1.58. The topological polar surface area (TPSA) is 36.4 Å². The quantitative estimate of drug-likeness (QED) is 0.646. The van der Waals surface area contributed by atoms with Gasteiger partial charge in [-0.1, -0.05) is 32.0 Å². The van der Waals surface area contributed by atoms with E-state index in [2.05, 4.69) is 36.4 Å². The van der Waals surface area contributed by atoms with Crippen LogP contribution in [0.15, 0.2) is 29.3 Å². The van der Waals surface area contributed by atoms with E-state index in [1.165, 1.54) is 0 Å². The maximum Gasteiger partial charge on any atom is 0.191 e. The first kappa shape index (κ1) is 15.8. The summed E-state index contributed by atoms with van der Waals surface area (Å²) in [6.45, 7) is 7.21. The van der Waals surface area contributed by atoms with Crippen LogP contribution in [0.5, 0.6) is 0 Å². The van der Waals surface area contributed by atoms with Gasteiger partial charge in [0, 0.05) is 25.0 Å². The highest BCUT2D eigenvalue weighted by atomic mass is 19.1. The van der Waals surface area contributed by atoms with Crippen molar-refractivity contribution in [2.75, 3.05) is 13.6 Å². The predicted octanol–water partition coefficient (Wildman–Crippen LogP) is 3.07. The van der Waals surface area contributed by atoms with Gasteiger partial charge < -0.3 is 10.6 Å². The third-order valence-electron chi connectivity index (χ3n) is 4.48. The van der Waals surface area contributed by atoms with Crippen LogP contribution in [0.4, 0.5) is 4.39 Å². The summed E-state index contributed by atoms with van der Waals surface area (Å²) in [6, 6.07) is 7.44. The van der Waals surface area contributed by atoms with Gasteiger partial charge in [-0.05, 0) is 37.3 Å². The molecule has 0 heterocycles. The van der Waals surface area contributed by atoms with Crippen LogP contribution in [0.1, 0.15) is 39.2 Å². The van der Waals surface area contributed by atoms with Crippen LogP contribution in [-0.4, -0.2) is 25.6 Å². The van der Waals surface area contributed by atoms with Gasteiger partial charge in [0.05, 0.1) is 0 Å². The maximum atomic E-state index is 14.0. The lowest BCUT2D eigenvalue weighted by atomic mass is 9.95. The summed E-state index contributed by atoms with van der Waals surface area (Å²) < 4.78 is 14.0. The summed E-state index contributed by atoms with van der Waals surface area (Å²) in [5.74, 6) is 1.22. The fourth-order valence-electron chi connectivity index (χ4n) is 2.41. The average molecular weight is 291 g/mol. The summed E-state index contributed by atoms with van der Waals surface area (Å²) in [6.07, 6.45) is 2.05. The van der Waals surface area contributed by atoms with E-state index in [9.17, 15) is 4.39 Å². The molecule has 4 heteroatoms.